The quantitative estimate of drug-likeness (QED) is 0.818. The molecule has 1 fully saturated rings. The summed E-state index contributed by atoms with van der Waals surface area (Å²) in [7, 11) is 0. The van der Waals surface area contributed by atoms with E-state index in [4.69, 9.17) is 5.73 Å². The monoisotopic (exact) mass is 361 g/mol. The molecular formula is C17H29Cl2N3O. The van der Waals surface area contributed by atoms with Crippen molar-refractivity contribution in [3.63, 3.8) is 0 Å². The number of amides is 1. The molecule has 1 aliphatic heterocycles. The third-order valence-corrected chi connectivity index (χ3v) is 4.45. The van der Waals surface area contributed by atoms with Crippen molar-refractivity contribution in [2.24, 2.45) is 11.7 Å². The van der Waals surface area contributed by atoms with Crippen LogP contribution >= 0.6 is 24.8 Å². The van der Waals surface area contributed by atoms with E-state index in [1.54, 1.807) is 0 Å². The van der Waals surface area contributed by atoms with E-state index in [2.05, 4.69) is 17.1 Å². The highest BCUT2D eigenvalue weighted by molar-refractivity contribution is 5.85. The molecule has 0 radical (unpaired) electrons. The highest BCUT2D eigenvalue weighted by Crippen LogP contribution is 2.19. The fourth-order valence-corrected chi connectivity index (χ4v) is 2.91. The first-order valence-electron chi connectivity index (χ1n) is 8.01. The van der Waals surface area contributed by atoms with Crippen molar-refractivity contribution in [1.82, 2.24) is 10.2 Å². The molecule has 1 atom stereocenters. The SMILES string of the molecule is CCN1CCC(CCNC(=O)C(N)c2ccccc2)CC1.Cl.Cl. The Morgan fingerprint density at radius 2 is 1.87 bits per heavy atom. The summed E-state index contributed by atoms with van der Waals surface area (Å²) in [5.74, 6) is 0.660. The maximum Gasteiger partial charge on any atom is 0.241 e. The lowest BCUT2D eigenvalue weighted by atomic mass is 9.93. The van der Waals surface area contributed by atoms with E-state index in [0.717, 1.165) is 31.0 Å². The number of rotatable bonds is 6. The first-order valence-corrected chi connectivity index (χ1v) is 8.01. The molecule has 0 saturated carbocycles. The van der Waals surface area contributed by atoms with Crippen LogP contribution in [0.3, 0.4) is 0 Å². The number of likely N-dealkylation sites (tertiary alicyclic amines) is 1. The number of benzene rings is 1. The minimum atomic E-state index is -0.562. The van der Waals surface area contributed by atoms with Crippen LogP contribution in [0.2, 0.25) is 0 Å². The first kappa shape index (κ1) is 22.2. The Labute approximate surface area is 152 Å². The van der Waals surface area contributed by atoms with Gasteiger partial charge in [-0.25, -0.2) is 0 Å². The van der Waals surface area contributed by atoms with Gasteiger partial charge in [-0.3, -0.25) is 4.79 Å². The molecule has 23 heavy (non-hydrogen) atoms. The Kier molecular flexibility index (Phi) is 11.3. The second kappa shape index (κ2) is 11.7. The molecule has 2 rings (SSSR count). The average molecular weight is 362 g/mol. The fraction of sp³-hybridized carbons (Fsp3) is 0.588. The first-order chi connectivity index (χ1) is 10.2. The van der Waals surface area contributed by atoms with Gasteiger partial charge in [0.05, 0.1) is 0 Å². The van der Waals surface area contributed by atoms with Crippen molar-refractivity contribution < 1.29 is 4.79 Å². The lowest BCUT2D eigenvalue weighted by Crippen LogP contribution is -2.37. The third kappa shape index (κ3) is 7.08. The van der Waals surface area contributed by atoms with E-state index in [9.17, 15) is 4.79 Å². The predicted octanol–water partition coefficient (Wildman–Crippen LogP) is 2.77. The highest BCUT2D eigenvalue weighted by Gasteiger charge is 2.19. The molecule has 4 nitrogen and oxygen atoms in total. The average Bonchev–Trinajstić information content (AvgIpc) is 2.55. The summed E-state index contributed by atoms with van der Waals surface area (Å²) in [6.07, 6.45) is 3.55. The van der Waals surface area contributed by atoms with Crippen LogP contribution in [-0.4, -0.2) is 37.0 Å². The predicted molar refractivity (Wildman–Crippen MR) is 100 cm³/mol. The normalized spacial score (nSPS) is 16.8. The minimum Gasteiger partial charge on any atom is -0.354 e. The maximum atomic E-state index is 12.0. The molecule has 0 aromatic heterocycles. The molecule has 1 heterocycles. The van der Waals surface area contributed by atoms with E-state index in [-0.39, 0.29) is 30.7 Å². The van der Waals surface area contributed by atoms with E-state index in [0.29, 0.717) is 0 Å². The van der Waals surface area contributed by atoms with Crippen molar-refractivity contribution in [3.05, 3.63) is 35.9 Å². The van der Waals surface area contributed by atoms with Gasteiger partial charge in [0.1, 0.15) is 6.04 Å². The van der Waals surface area contributed by atoms with Gasteiger partial charge in [-0.1, -0.05) is 37.3 Å². The summed E-state index contributed by atoms with van der Waals surface area (Å²) < 4.78 is 0. The van der Waals surface area contributed by atoms with E-state index >= 15 is 0 Å². The van der Waals surface area contributed by atoms with E-state index < -0.39 is 6.04 Å². The Balaban J connectivity index is 0.00000242. The number of hydrogen-bond acceptors (Lipinski definition) is 3. The van der Waals surface area contributed by atoms with E-state index in [1.165, 1.54) is 25.9 Å². The Morgan fingerprint density at radius 1 is 1.26 bits per heavy atom. The smallest absolute Gasteiger partial charge is 0.241 e. The second-order valence-electron chi connectivity index (χ2n) is 5.85. The van der Waals surface area contributed by atoms with E-state index in [1.807, 2.05) is 30.3 Å². The summed E-state index contributed by atoms with van der Waals surface area (Å²) >= 11 is 0. The number of piperidine rings is 1. The number of nitrogens with one attached hydrogen (secondary N) is 1. The van der Waals surface area contributed by atoms with Gasteiger partial charge in [-0.2, -0.15) is 0 Å². The van der Waals surface area contributed by atoms with Crippen LogP contribution in [0.1, 0.15) is 37.8 Å². The summed E-state index contributed by atoms with van der Waals surface area (Å²) in [5, 5.41) is 2.98. The van der Waals surface area contributed by atoms with Crippen LogP contribution in [-0.2, 0) is 4.79 Å². The number of carbonyl (C=O) groups excluding carboxylic acids is 1. The number of hydrogen-bond donors (Lipinski definition) is 2. The second-order valence-corrected chi connectivity index (χ2v) is 5.85. The topological polar surface area (TPSA) is 58.4 Å². The van der Waals surface area contributed by atoms with Crippen molar-refractivity contribution in [1.29, 1.82) is 0 Å². The van der Waals surface area contributed by atoms with Crippen molar-refractivity contribution in [2.45, 2.75) is 32.2 Å². The molecule has 1 aromatic carbocycles. The van der Waals surface area contributed by atoms with Crippen LogP contribution in [0.4, 0.5) is 0 Å². The number of nitrogens with two attached hydrogens (primary N) is 1. The lowest BCUT2D eigenvalue weighted by molar-refractivity contribution is -0.122. The van der Waals surface area contributed by atoms with Gasteiger partial charge in [0.25, 0.3) is 0 Å². The Morgan fingerprint density at radius 3 is 2.43 bits per heavy atom. The van der Waals surface area contributed by atoms with Crippen LogP contribution in [0.5, 0.6) is 0 Å². The molecule has 0 bridgehead atoms. The zero-order valence-corrected chi connectivity index (χ0v) is 15.4. The Bertz CT molecular complexity index is 437. The van der Waals surface area contributed by atoms with Crippen LogP contribution in [0, 0.1) is 5.92 Å². The van der Waals surface area contributed by atoms with Gasteiger partial charge in [0.2, 0.25) is 5.91 Å². The molecule has 1 saturated heterocycles. The van der Waals surface area contributed by atoms with Gasteiger partial charge in [-0.05, 0) is 50.4 Å². The molecule has 0 aliphatic carbocycles. The van der Waals surface area contributed by atoms with Crippen molar-refractivity contribution >= 4 is 30.7 Å². The standard InChI is InChI=1S/C17H27N3O.2ClH/c1-2-20-12-9-14(10-13-20)8-11-19-17(21)16(18)15-6-4-3-5-7-15;;/h3-7,14,16H,2,8-13,18H2,1H3,(H,19,21);2*1H. The third-order valence-electron chi connectivity index (χ3n) is 4.45. The minimum absolute atomic E-state index is 0. The largest absolute Gasteiger partial charge is 0.354 e. The summed E-state index contributed by atoms with van der Waals surface area (Å²) in [6.45, 7) is 6.48. The molecule has 132 valence electrons. The molecule has 1 aromatic rings. The molecule has 1 aliphatic rings. The van der Waals surface area contributed by atoms with Crippen LogP contribution in [0.25, 0.3) is 0 Å². The molecule has 1 amide bonds. The number of halogens is 2. The zero-order valence-electron chi connectivity index (χ0n) is 13.7. The molecular weight excluding hydrogens is 333 g/mol. The van der Waals surface area contributed by atoms with Gasteiger partial charge < -0.3 is 16.0 Å². The maximum absolute atomic E-state index is 12.0. The number of carbonyl (C=O) groups is 1. The zero-order chi connectivity index (χ0) is 15.1. The van der Waals surface area contributed by atoms with Crippen molar-refractivity contribution in [3.8, 4) is 0 Å². The van der Waals surface area contributed by atoms with Gasteiger partial charge in [0.15, 0.2) is 0 Å². The number of nitrogens with zero attached hydrogens (tertiary/aromatic N) is 1. The van der Waals surface area contributed by atoms with Crippen LogP contribution < -0.4 is 11.1 Å². The van der Waals surface area contributed by atoms with Crippen molar-refractivity contribution in [2.75, 3.05) is 26.2 Å². The summed E-state index contributed by atoms with van der Waals surface area (Å²) in [5.41, 5.74) is 6.84. The molecule has 6 heteroatoms. The van der Waals surface area contributed by atoms with Crippen LogP contribution in [0.15, 0.2) is 30.3 Å². The van der Waals surface area contributed by atoms with Gasteiger partial charge in [-0.15, -0.1) is 24.8 Å². The highest BCUT2D eigenvalue weighted by atomic mass is 35.5. The fourth-order valence-electron chi connectivity index (χ4n) is 2.91. The van der Waals surface area contributed by atoms with Gasteiger partial charge >= 0.3 is 0 Å². The summed E-state index contributed by atoms with van der Waals surface area (Å²) in [6, 6.07) is 8.97. The lowest BCUT2D eigenvalue weighted by Gasteiger charge is -2.31. The molecule has 1 unspecified atom stereocenters. The summed E-state index contributed by atoms with van der Waals surface area (Å²) in [4.78, 5) is 14.5. The molecule has 0 spiro atoms. The van der Waals surface area contributed by atoms with Gasteiger partial charge in [0, 0.05) is 6.54 Å². The molecule has 3 N–H and O–H groups in total. The Hall–Kier alpha value is -0.810.